The number of piperidine rings is 1. The number of likely N-dealkylation sites (tertiary alicyclic amines) is 1. The Morgan fingerprint density at radius 2 is 2.04 bits per heavy atom. The molecule has 0 aliphatic carbocycles. The minimum atomic E-state index is -0.619. The standard InChI is InChI=1S/C21H23N5O2/c1-14-5-4-8-26(13-14)9-10-28-18-7-3-2-6-15(18)19-16(11-22)20(24)25-21(27)17(19)12-23/h2-3,6-7,14H,4-5,8-10,13H2,1H3,(H3,24,25,27). The van der Waals surface area contributed by atoms with E-state index in [-0.39, 0.29) is 22.5 Å². The molecule has 1 saturated heterocycles. The van der Waals surface area contributed by atoms with E-state index in [4.69, 9.17) is 10.5 Å². The predicted octanol–water partition coefficient (Wildman–Crippen LogP) is 2.48. The molecule has 1 aliphatic heterocycles. The second kappa shape index (κ2) is 8.60. The van der Waals surface area contributed by atoms with E-state index in [9.17, 15) is 15.3 Å². The molecule has 7 heteroatoms. The molecule has 1 aliphatic rings. The summed E-state index contributed by atoms with van der Waals surface area (Å²) in [4.78, 5) is 16.9. The van der Waals surface area contributed by atoms with Crippen LogP contribution in [0.3, 0.4) is 0 Å². The normalized spacial score (nSPS) is 16.9. The topological polar surface area (TPSA) is 119 Å². The molecule has 1 aromatic carbocycles. The summed E-state index contributed by atoms with van der Waals surface area (Å²) in [6.07, 6.45) is 2.46. The second-order valence-corrected chi connectivity index (χ2v) is 7.11. The van der Waals surface area contributed by atoms with E-state index in [0.29, 0.717) is 23.8 Å². The number of anilines is 1. The SMILES string of the molecule is CC1CCCN(CCOc2ccccc2-c2c(C#N)c(N)[nH]c(=O)c2C#N)C1. The average molecular weight is 377 g/mol. The van der Waals surface area contributed by atoms with Crippen molar-refractivity contribution in [2.24, 2.45) is 5.92 Å². The van der Waals surface area contributed by atoms with Crippen molar-refractivity contribution in [1.82, 2.24) is 9.88 Å². The molecule has 1 unspecified atom stereocenters. The second-order valence-electron chi connectivity index (χ2n) is 7.11. The molecule has 0 spiro atoms. The Bertz CT molecular complexity index is 999. The number of para-hydroxylation sites is 1. The lowest BCUT2D eigenvalue weighted by molar-refractivity contribution is 0.154. The quantitative estimate of drug-likeness (QED) is 0.826. The number of ether oxygens (including phenoxy) is 1. The van der Waals surface area contributed by atoms with Crippen LogP contribution in [0.25, 0.3) is 11.1 Å². The average Bonchev–Trinajstić information content (AvgIpc) is 2.68. The van der Waals surface area contributed by atoms with Gasteiger partial charge in [0.05, 0.1) is 0 Å². The number of nitrogens with two attached hydrogens (primary N) is 1. The van der Waals surface area contributed by atoms with Crippen molar-refractivity contribution in [3.63, 3.8) is 0 Å². The lowest BCUT2D eigenvalue weighted by Crippen LogP contribution is -2.37. The summed E-state index contributed by atoms with van der Waals surface area (Å²) in [5.74, 6) is 1.15. The molecule has 3 N–H and O–H groups in total. The molecule has 28 heavy (non-hydrogen) atoms. The van der Waals surface area contributed by atoms with Gasteiger partial charge in [0.1, 0.15) is 41.4 Å². The zero-order valence-electron chi connectivity index (χ0n) is 15.9. The first-order valence-corrected chi connectivity index (χ1v) is 9.35. The van der Waals surface area contributed by atoms with Crippen molar-refractivity contribution in [2.75, 3.05) is 32.0 Å². The minimum absolute atomic E-state index is 0.0568. The van der Waals surface area contributed by atoms with Crippen molar-refractivity contribution in [1.29, 1.82) is 10.5 Å². The molecule has 2 heterocycles. The molecule has 0 radical (unpaired) electrons. The number of rotatable bonds is 5. The Morgan fingerprint density at radius 3 is 2.75 bits per heavy atom. The van der Waals surface area contributed by atoms with Gasteiger partial charge >= 0.3 is 0 Å². The van der Waals surface area contributed by atoms with Gasteiger partial charge in [-0.2, -0.15) is 10.5 Å². The molecular formula is C21H23N5O2. The van der Waals surface area contributed by atoms with Crippen molar-refractivity contribution >= 4 is 5.82 Å². The highest BCUT2D eigenvalue weighted by Crippen LogP contribution is 2.35. The van der Waals surface area contributed by atoms with Crippen molar-refractivity contribution in [3.8, 4) is 29.0 Å². The molecule has 1 aromatic heterocycles. The van der Waals surface area contributed by atoms with E-state index in [1.807, 2.05) is 18.2 Å². The fraction of sp³-hybridized carbons (Fsp3) is 0.381. The number of nitrogen functional groups attached to an aromatic ring is 1. The van der Waals surface area contributed by atoms with Gasteiger partial charge in [-0.05, 0) is 31.4 Å². The van der Waals surface area contributed by atoms with E-state index >= 15 is 0 Å². The highest BCUT2D eigenvalue weighted by molar-refractivity contribution is 5.83. The van der Waals surface area contributed by atoms with Gasteiger partial charge in [0.25, 0.3) is 5.56 Å². The van der Waals surface area contributed by atoms with Gasteiger partial charge < -0.3 is 15.5 Å². The zero-order chi connectivity index (χ0) is 20.1. The highest BCUT2D eigenvalue weighted by atomic mass is 16.5. The van der Waals surface area contributed by atoms with E-state index < -0.39 is 5.56 Å². The fourth-order valence-corrected chi connectivity index (χ4v) is 3.69. The Balaban J connectivity index is 1.90. The number of H-pyrrole nitrogens is 1. The highest BCUT2D eigenvalue weighted by Gasteiger charge is 2.21. The number of hydrogen-bond acceptors (Lipinski definition) is 6. The third kappa shape index (κ3) is 4.00. The number of aromatic nitrogens is 1. The van der Waals surface area contributed by atoms with Gasteiger partial charge in [-0.3, -0.25) is 9.69 Å². The van der Waals surface area contributed by atoms with E-state index in [0.717, 1.165) is 19.6 Å². The molecule has 2 aromatic rings. The molecule has 3 rings (SSSR count). The zero-order valence-corrected chi connectivity index (χ0v) is 15.9. The number of nitrogens with one attached hydrogen (secondary N) is 1. The summed E-state index contributed by atoms with van der Waals surface area (Å²) in [6.45, 7) is 5.66. The Hall–Kier alpha value is -3.29. The monoisotopic (exact) mass is 377 g/mol. The molecule has 1 fully saturated rings. The van der Waals surface area contributed by atoms with Gasteiger partial charge in [0.15, 0.2) is 0 Å². The van der Waals surface area contributed by atoms with E-state index in [2.05, 4.69) is 16.8 Å². The Kier molecular flexibility index (Phi) is 5.98. The van der Waals surface area contributed by atoms with E-state index in [1.54, 1.807) is 18.2 Å². The van der Waals surface area contributed by atoms with Crippen molar-refractivity contribution < 1.29 is 4.74 Å². The Labute approximate surface area is 164 Å². The lowest BCUT2D eigenvalue weighted by Gasteiger charge is -2.30. The van der Waals surface area contributed by atoms with Gasteiger partial charge in [-0.1, -0.05) is 25.1 Å². The lowest BCUT2D eigenvalue weighted by atomic mass is 9.96. The third-order valence-corrected chi connectivity index (χ3v) is 5.03. The van der Waals surface area contributed by atoms with Crippen LogP contribution < -0.4 is 16.0 Å². The predicted molar refractivity (Wildman–Crippen MR) is 107 cm³/mol. The number of pyridine rings is 1. The summed E-state index contributed by atoms with van der Waals surface area (Å²) >= 11 is 0. The van der Waals surface area contributed by atoms with Crippen LogP contribution in [0.2, 0.25) is 0 Å². The van der Waals surface area contributed by atoms with Gasteiger partial charge in [0, 0.05) is 24.2 Å². The molecule has 0 saturated carbocycles. The van der Waals surface area contributed by atoms with Crippen LogP contribution in [0.4, 0.5) is 5.82 Å². The Morgan fingerprint density at radius 1 is 1.29 bits per heavy atom. The van der Waals surface area contributed by atoms with Crippen LogP contribution in [-0.4, -0.2) is 36.1 Å². The van der Waals surface area contributed by atoms with Crippen LogP contribution in [0.5, 0.6) is 5.75 Å². The largest absolute Gasteiger partial charge is 0.492 e. The first-order valence-electron chi connectivity index (χ1n) is 9.35. The summed E-state index contributed by atoms with van der Waals surface area (Å²) in [5, 5.41) is 19.0. The molecule has 0 bridgehead atoms. The van der Waals surface area contributed by atoms with Gasteiger partial charge in [-0.15, -0.1) is 0 Å². The summed E-state index contributed by atoms with van der Waals surface area (Å²) in [5.41, 5.74) is 5.85. The van der Waals surface area contributed by atoms with Crippen LogP contribution in [0, 0.1) is 28.6 Å². The number of nitriles is 2. The van der Waals surface area contributed by atoms with Gasteiger partial charge in [-0.25, -0.2) is 0 Å². The number of benzene rings is 1. The number of nitrogens with zero attached hydrogens (tertiary/aromatic N) is 3. The van der Waals surface area contributed by atoms with Crippen LogP contribution in [0.1, 0.15) is 30.9 Å². The minimum Gasteiger partial charge on any atom is -0.492 e. The summed E-state index contributed by atoms with van der Waals surface area (Å²) in [6, 6.07) is 11.0. The number of aromatic amines is 1. The van der Waals surface area contributed by atoms with Crippen molar-refractivity contribution in [2.45, 2.75) is 19.8 Å². The summed E-state index contributed by atoms with van der Waals surface area (Å²) in [7, 11) is 0. The van der Waals surface area contributed by atoms with Gasteiger partial charge in [0.2, 0.25) is 0 Å². The maximum atomic E-state index is 12.2. The molecule has 0 amide bonds. The van der Waals surface area contributed by atoms with Crippen LogP contribution in [0.15, 0.2) is 29.1 Å². The first kappa shape index (κ1) is 19.5. The summed E-state index contributed by atoms with van der Waals surface area (Å²) < 4.78 is 5.99. The molecule has 144 valence electrons. The third-order valence-electron chi connectivity index (χ3n) is 5.03. The number of hydrogen-bond donors (Lipinski definition) is 2. The molecule has 1 atom stereocenters. The molecular weight excluding hydrogens is 354 g/mol. The maximum Gasteiger partial charge on any atom is 0.268 e. The fourth-order valence-electron chi connectivity index (χ4n) is 3.69. The first-order chi connectivity index (χ1) is 13.5. The van der Waals surface area contributed by atoms with Crippen LogP contribution >= 0.6 is 0 Å². The smallest absolute Gasteiger partial charge is 0.268 e. The maximum absolute atomic E-state index is 12.2. The molecule has 7 nitrogen and oxygen atoms in total. The van der Waals surface area contributed by atoms with E-state index in [1.165, 1.54) is 12.8 Å². The van der Waals surface area contributed by atoms with Crippen LogP contribution in [-0.2, 0) is 0 Å². The van der Waals surface area contributed by atoms with Crippen molar-refractivity contribution in [3.05, 3.63) is 45.7 Å².